The van der Waals surface area contributed by atoms with Gasteiger partial charge in [-0.15, -0.1) is 0 Å². The van der Waals surface area contributed by atoms with E-state index in [-0.39, 0.29) is 17.2 Å². The van der Waals surface area contributed by atoms with Gasteiger partial charge in [0.2, 0.25) is 5.88 Å². The van der Waals surface area contributed by atoms with Crippen LogP contribution in [0.4, 0.5) is 13.2 Å². The van der Waals surface area contributed by atoms with Gasteiger partial charge in [0.05, 0.1) is 17.8 Å². The number of halogens is 4. The standard InChI is InChI=1S/C21H16ClF3N4O2/c1-12-26-17-18(20(27-12)31-11-21(23,24)25)28-29(16-6-4-3-5-15(16)22)19(17)13-7-9-14(30-2)10-8-13/h3-10H,11H2,1-2H3. The topological polar surface area (TPSA) is 62.1 Å². The second-order valence-corrected chi connectivity index (χ2v) is 7.02. The summed E-state index contributed by atoms with van der Waals surface area (Å²) in [4.78, 5) is 8.48. The number of aromatic nitrogens is 4. The molecule has 0 atom stereocenters. The number of alkyl halides is 3. The maximum atomic E-state index is 12.8. The lowest BCUT2D eigenvalue weighted by Gasteiger charge is -2.10. The van der Waals surface area contributed by atoms with Crippen molar-refractivity contribution in [1.82, 2.24) is 19.7 Å². The summed E-state index contributed by atoms with van der Waals surface area (Å²) in [5.41, 5.74) is 2.22. The summed E-state index contributed by atoms with van der Waals surface area (Å²) in [6, 6.07) is 14.1. The minimum absolute atomic E-state index is 0.0978. The van der Waals surface area contributed by atoms with E-state index in [2.05, 4.69) is 15.1 Å². The molecule has 160 valence electrons. The first-order valence-corrected chi connectivity index (χ1v) is 9.51. The van der Waals surface area contributed by atoms with E-state index in [0.717, 1.165) is 0 Å². The third kappa shape index (κ3) is 4.27. The molecular weight excluding hydrogens is 433 g/mol. The van der Waals surface area contributed by atoms with Crippen molar-refractivity contribution in [3.05, 3.63) is 59.4 Å². The lowest BCUT2D eigenvalue weighted by molar-refractivity contribution is -0.153. The van der Waals surface area contributed by atoms with Gasteiger partial charge in [-0.2, -0.15) is 23.3 Å². The van der Waals surface area contributed by atoms with Gasteiger partial charge in [-0.3, -0.25) is 0 Å². The lowest BCUT2D eigenvalue weighted by atomic mass is 10.1. The summed E-state index contributed by atoms with van der Waals surface area (Å²) >= 11 is 6.39. The van der Waals surface area contributed by atoms with Gasteiger partial charge in [-0.1, -0.05) is 23.7 Å². The minimum atomic E-state index is -4.52. The van der Waals surface area contributed by atoms with Crippen molar-refractivity contribution in [3.63, 3.8) is 0 Å². The number of ether oxygens (including phenoxy) is 2. The fraction of sp³-hybridized carbons (Fsp3) is 0.190. The molecule has 0 aliphatic carbocycles. The van der Waals surface area contributed by atoms with Crippen LogP contribution in [0.3, 0.4) is 0 Å². The highest BCUT2D eigenvalue weighted by atomic mass is 35.5. The van der Waals surface area contributed by atoms with Gasteiger partial charge in [0.15, 0.2) is 12.1 Å². The fourth-order valence-corrected chi connectivity index (χ4v) is 3.32. The van der Waals surface area contributed by atoms with Crippen molar-refractivity contribution in [2.45, 2.75) is 13.1 Å². The number of para-hydroxylation sites is 1. The van der Waals surface area contributed by atoms with E-state index in [1.165, 1.54) is 4.68 Å². The second kappa shape index (κ2) is 8.07. The molecule has 0 saturated carbocycles. The van der Waals surface area contributed by atoms with Gasteiger partial charge in [0.1, 0.15) is 22.8 Å². The van der Waals surface area contributed by atoms with Crippen LogP contribution in [0.25, 0.3) is 28.0 Å². The number of fused-ring (bicyclic) bond motifs is 1. The maximum absolute atomic E-state index is 12.8. The molecule has 0 bridgehead atoms. The summed E-state index contributed by atoms with van der Waals surface area (Å²) in [7, 11) is 1.55. The molecule has 2 heterocycles. The van der Waals surface area contributed by atoms with Crippen LogP contribution in [0.15, 0.2) is 48.5 Å². The monoisotopic (exact) mass is 448 g/mol. The van der Waals surface area contributed by atoms with Crippen molar-refractivity contribution in [1.29, 1.82) is 0 Å². The first-order valence-electron chi connectivity index (χ1n) is 9.13. The van der Waals surface area contributed by atoms with E-state index in [9.17, 15) is 13.2 Å². The van der Waals surface area contributed by atoms with Crippen molar-refractivity contribution in [3.8, 4) is 28.6 Å². The van der Waals surface area contributed by atoms with Crippen LogP contribution in [0.5, 0.6) is 11.6 Å². The fourth-order valence-electron chi connectivity index (χ4n) is 3.10. The maximum Gasteiger partial charge on any atom is 0.422 e. The van der Waals surface area contributed by atoms with Gasteiger partial charge < -0.3 is 9.47 Å². The van der Waals surface area contributed by atoms with Gasteiger partial charge in [0.25, 0.3) is 0 Å². The smallest absolute Gasteiger partial charge is 0.422 e. The second-order valence-electron chi connectivity index (χ2n) is 6.62. The van der Waals surface area contributed by atoms with Crippen LogP contribution < -0.4 is 9.47 Å². The highest BCUT2D eigenvalue weighted by molar-refractivity contribution is 6.32. The first kappa shape index (κ1) is 20.9. The number of methoxy groups -OCH3 is 1. The Morgan fingerprint density at radius 2 is 1.71 bits per heavy atom. The molecular formula is C21H16ClF3N4O2. The molecule has 4 rings (SSSR count). The van der Waals surface area contributed by atoms with Crippen LogP contribution in [0.1, 0.15) is 5.82 Å². The third-order valence-electron chi connectivity index (χ3n) is 4.42. The molecule has 31 heavy (non-hydrogen) atoms. The highest BCUT2D eigenvalue weighted by Gasteiger charge is 2.30. The Hall–Kier alpha value is -3.33. The molecule has 6 nitrogen and oxygen atoms in total. The van der Waals surface area contributed by atoms with E-state index >= 15 is 0 Å². The molecule has 0 spiro atoms. The summed E-state index contributed by atoms with van der Waals surface area (Å²) < 4.78 is 50.0. The Bertz CT molecular complexity index is 1240. The Balaban J connectivity index is 1.99. The van der Waals surface area contributed by atoms with Crippen LogP contribution in [-0.2, 0) is 0 Å². The van der Waals surface area contributed by atoms with E-state index in [0.29, 0.717) is 33.2 Å². The molecule has 4 aromatic rings. The molecule has 2 aromatic carbocycles. The average Bonchev–Trinajstić information content (AvgIpc) is 3.11. The average molecular weight is 449 g/mol. The van der Waals surface area contributed by atoms with Crippen molar-refractivity contribution >= 4 is 22.6 Å². The molecule has 0 aliphatic rings. The molecule has 10 heteroatoms. The number of nitrogens with zero attached hydrogens (tertiary/aromatic N) is 4. The lowest BCUT2D eigenvalue weighted by Crippen LogP contribution is -2.20. The molecule has 0 unspecified atom stereocenters. The van der Waals surface area contributed by atoms with Crippen LogP contribution in [0.2, 0.25) is 5.02 Å². The molecule has 0 radical (unpaired) electrons. The summed E-state index contributed by atoms with van der Waals surface area (Å²) in [5.74, 6) is 0.649. The van der Waals surface area contributed by atoms with E-state index < -0.39 is 12.8 Å². The van der Waals surface area contributed by atoms with Gasteiger partial charge >= 0.3 is 6.18 Å². The number of hydrogen-bond donors (Lipinski definition) is 0. The number of benzene rings is 2. The number of hydrogen-bond acceptors (Lipinski definition) is 5. The normalized spacial score (nSPS) is 11.7. The molecule has 0 saturated heterocycles. The van der Waals surface area contributed by atoms with Crippen molar-refractivity contribution < 1.29 is 22.6 Å². The van der Waals surface area contributed by atoms with Gasteiger partial charge in [0, 0.05) is 5.56 Å². The van der Waals surface area contributed by atoms with E-state index in [1.54, 1.807) is 62.6 Å². The Labute approximate surface area is 180 Å². The number of rotatable bonds is 5. The quantitative estimate of drug-likeness (QED) is 0.409. The highest BCUT2D eigenvalue weighted by Crippen LogP contribution is 2.36. The zero-order valence-electron chi connectivity index (χ0n) is 16.4. The van der Waals surface area contributed by atoms with Gasteiger partial charge in [-0.25, -0.2) is 9.67 Å². The predicted octanol–water partition coefficient (Wildman–Crippen LogP) is 5.39. The number of aryl methyl sites for hydroxylation is 1. The van der Waals surface area contributed by atoms with E-state index in [4.69, 9.17) is 21.1 Å². The zero-order chi connectivity index (χ0) is 22.2. The van der Waals surface area contributed by atoms with E-state index in [1.807, 2.05) is 0 Å². The molecule has 0 fully saturated rings. The Kier molecular flexibility index (Phi) is 5.45. The summed E-state index contributed by atoms with van der Waals surface area (Å²) in [6.45, 7) is 0.0832. The first-order chi connectivity index (χ1) is 14.8. The van der Waals surface area contributed by atoms with Crippen LogP contribution in [0, 0.1) is 6.92 Å². The molecule has 0 amide bonds. The molecule has 0 aliphatic heterocycles. The minimum Gasteiger partial charge on any atom is -0.497 e. The largest absolute Gasteiger partial charge is 0.497 e. The van der Waals surface area contributed by atoms with Crippen LogP contribution in [-0.4, -0.2) is 39.6 Å². The molecule has 2 aromatic heterocycles. The SMILES string of the molecule is COc1ccc(-c2c3nc(C)nc(OCC(F)(F)F)c3nn2-c2ccccc2Cl)cc1. The Morgan fingerprint density at radius 3 is 2.35 bits per heavy atom. The summed E-state index contributed by atoms with van der Waals surface area (Å²) in [5, 5.41) is 4.90. The van der Waals surface area contributed by atoms with Crippen LogP contribution >= 0.6 is 11.6 Å². The van der Waals surface area contributed by atoms with Crippen molar-refractivity contribution in [2.24, 2.45) is 0 Å². The van der Waals surface area contributed by atoms with Crippen molar-refractivity contribution in [2.75, 3.05) is 13.7 Å². The van der Waals surface area contributed by atoms with Gasteiger partial charge in [-0.05, 0) is 43.3 Å². The zero-order valence-corrected chi connectivity index (χ0v) is 17.2. The summed E-state index contributed by atoms with van der Waals surface area (Å²) in [6.07, 6.45) is -4.52. The predicted molar refractivity (Wildman–Crippen MR) is 110 cm³/mol. The Morgan fingerprint density at radius 1 is 1.00 bits per heavy atom. The third-order valence-corrected chi connectivity index (χ3v) is 4.74. The molecule has 0 N–H and O–H groups in total.